The fraction of sp³-hybridized carbons (Fsp3) is 0.333. The van der Waals surface area contributed by atoms with E-state index < -0.39 is 0 Å². The van der Waals surface area contributed by atoms with Gasteiger partial charge in [-0.3, -0.25) is 4.79 Å². The second kappa shape index (κ2) is 8.30. The van der Waals surface area contributed by atoms with E-state index in [2.05, 4.69) is 109 Å². The lowest BCUT2D eigenvalue weighted by Gasteiger charge is -2.24. The molecule has 0 atom stereocenters. The highest BCUT2D eigenvalue weighted by Crippen LogP contribution is 2.49. The fourth-order valence-electron chi connectivity index (χ4n) is 6.34. The largest absolute Gasteiger partial charge is 0.502 e. The van der Waals surface area contributed by atoms with Gasteiger partial charge in [0, 0.05) is 36.0 Å². The minimum atomic E-state index is -0.284. The van der Waals surface area contributed by atoms with Gasteiger partial charge in [0.1, 0.15) is 0 Å². The first-order valence-corrected chi connectivity index (χ1v) is 14.1. The van der Waals surface area contributed by atoms with Crippen molar-refractivity contribution < 1.29 is 5.11 Å². The van der Waals surface area contributed by atoms with E-state index in [1.165, 1.54) is 16.7 Å². The van der Waals surface area contributed by atoms with Gasteiger partial charge in [-0.05, 0) is 51.8 Å². The third-order valence-electron chi connectivity index (χ3n) is 8.88. The number of aromatic hydroxyl groups is 1. The molecule has 2 aliphatic heterocycles. The van der Waals surface area contributed by atoms with Gasteiger partial charge in [0.25, 0.3) is 5.43 Å². The second-order valence-corrected chi connectivity index (χ2v) is 14.0. The molecule has 0 aromatic heterocycles. The zero-order valence-electron chi connectivity index (χ0n) is 25.1. The number of hydrogen-bond donors (Lipinski definition) is 1. The van der Waals surface area contributed by atoms with Gasteiger partial charge in [-0.15, -0.1) is 4.58 Å². The lowest BCUT2D eigenvalue weighted by atomic mass is 9.83. The summed E-state index contributed by atoms with van der Waals surface area (Å²) in [6.45, 7) is 17.6. The number of benzene rings is 3. The highest BCUT2D eigenvalue weighted by molar-refractivity contribution is 5.93. The summed E-state index contributed by atoms with van der Waals surface area (Å²) in [5.41, 5.74) is 9.79. The predicted octanol–water partition coefficient (Wildman–Crippen LogP) is 7.41. The lowest BCUT2D eigenvalue weighted by molar-refractivity contribution is 0.454. The van der Waals surface area contributed by atoms with E-state index >= 15 is 0 Å². The monoisotopic (exact) mass is 531 g/mol. The van der Waals surface area contributed by atoms with Crippen LogP contribution in [-0.2, 0) is 16.2 Å². The number of para-hydroxylation sites is 1. The van der Waals surface area contributed by atoms with Gasteiger partial charge in [0.2, 0.25) is 17.1 Å². The Kier molecular flexibility index (Phi) is 5.46. The molecule has 4 aromatic carbocycles. The topological polar surface area (TPSA) is 43.5 Å². The average molecular weight is 532 g/mol. The van der Waals surface area contributed by atoms with E-state index in [1.807, 2.05) is 29.8 Å². The summed E-state index contributed by atoms with van der Waals surface area (Å²) in [5, 5.41) is 11.8. The summed E-state index contributed by atoms with van der Waals surface area (Å²) < 4.78 is 1.96. The maximum Gasteiger partial charge on any atom is 0.303 e. The Morgan fingerprint density at radius 3 is 1.82 bits per heavy atom. The lowest BCUT2D eigenvalue weighted by Crippen LogP contribution is -2.42. The maximum atomic E-state index is 13.8. The van der Waals surface area contributed by atoms with Crippen molar-refractivity contribution in [1.82, 2.24) is 4.58 Å². The molecule has 4 aromatic rings. The van der Waals surface area contributed by atoms with Crippen LogP contribution in [0.3, 0.4) is 0 Å². The zero-order chi connectivity index (χ0) is 28.9. The Bertz CT molecular complexity index is 1760. The van der Waals surface area contributed by atoms with Crippen LogP contribution in [-0.4, -0.2) is 12.2 Å². The molecule has 6 rings (SSSR count). The molecule has 1 N–H and O–H groups in total. The molecule has 204 valence electrons. The molecule has 0 saturated heterocycles. The minimum absolute atomic E-state index is 0.0111. The fourth-order valence-corrected chi connectivity index (χ4v) is 6.34. The number of hydrogen-bond acceptors (Lipinski definition) is 3. The first-order chi connectivity index (χ1) is 18.6. The van der Waals surface area contributed by atoms with Gasteiger partial charge in [0.05, 0.1) is 16.7 Å². The van der Waals surface area contributed by atoms with Crippen molar-refractivity contribution >= 4 is 23.1 Å². The molecule has 0 saturated carbocycles. The van der Waals surface area contributed by atoms with Crippen LogP contribution in [0.15, 0.2) is 71.2 Å². The van der Waals surface area contributed by atoms with Crippen molar-refractivity contribution in [2.24, 2.45) is 0 Å². The molecular formula is C36H39N2O2+. The molecular weight excluding hydrogens is 492 g/mol. The van der Waals surface area contributed by atoms with Gasteiger partial charge < -0.3 is 10.0 Å². The first-order valence-electron chi connectivity index (χ1n) is 14.1. The molecule has 0 unspecified atom stereocenters. The van der Waals surface area contributed by atoms with E-state index in [0.717, 1.165) is 33.9 Å². The third kappa shape index (κ3) is 3.65. The number of allylic oxidation sites excluding steroid dienone is 1. The normalized spacial score (nSPS) is 17.0. The van der Waals surface area contributed by atoms with E-state index in [4.69, 9.17) is 0 Å². The Labute approximate surface area is 237 Å². The van der Waals surface area contributed by atoms with Gasteiger partial charge in [0.15, 0.2) is 0 Å². The van der Waals surface area contributed by atoms with Crippen LogP contribution in [0.2, 0.25) is 0 Å². The van der Waals surface area contributed by atoms with E-state index in [-0.39, 0.29) is 27.4 Å². The molecule has 2 aliphatic rings. The summed E-state index contributed by atoms with van der Waals surface area (Å²) in [7, 11) is 2.03. The van der Waals surface area contributed by atoms with Crippen LogP contribution in [0, 0.1) is 0 Å². The molecule has 2 heterocycles. The minimum Gasteiger partial charge on any atom is -0.502 e. The molecule has 4 heteroatoms. The van der Waals surface area contributed by atoms with Crippen LogP contribution < -0.4 is 20.3 Å². The van der Waals surface area contributed by atoms with Gasteiger partial charge in [-0.25, -0.2) is 0 Å². The molecule has 0 spiro atoms. The summed E-state index contributed by atoms with van der Waals surface area (Å²) in [4.78, 5) is 16.0. The molecule has 4 nitrogen and oxygen atoms in total. The van der Waals surface area contributed by atoms with Crippen LogP contribution in [0.25, 0.3) is 17.2 Å². The maximum absolute atomic E-state index is 13.8. The summed E-state index contributed by atoms with van der Waals surface area (Å²) >= 11 is 0. The van der Waals surface area contributed by atoms with Crippen LogP contribution in [0.1, 0.15) is 77.6 Å². The highest BCUT2D eigenvalue weighted by Gasteiger charge is 2.41. The first kappa shape index (κ1) is 26.3. The number of anilines is 1. The van der Waals surface area contributed by atoms with Crippen molar-refractivity contribution in [2.75, 3.05) is 11.9 Å². The number of nitrogens with zero attached hydrogens (tertiary/aromatic N) is 2. The summed E-state index contributed by atoms with van der Waals surface area (Å²) in [6.07, 6.45) is 1.88. The van der Waals surface area contributed by atoms with Gasteiger partial charge in [-0.2, -0.15) is 0 Å². The SMILES string of the molecule is CN1C(=Cc2c(O)c(=[N+]3c4ccc(C(C)(C)C)cc4-c4cc(C(C)(C)C)ccc43)c2=O)C(C)(C)c2ccccc21. The van der Waals surface area contributed by atoms with Crippen molar-refractivity contribution in [3.05, 3.63) is 104 Å². The third-order valence-corrected chi connectivity index (χ3v) is 8.88. The van der Waals surface area contributed by atoms with E-state index in [0.29, 0.717) is 10.9 Å². The average Bonchev–Trinajstić information content (AvgIpc) is 3.30. The number of likely N-dealkylation sites (N-methyl/N-ethyl adjacent to an activating group) is 1. The van der Waals surface area contributed by atoms with Crippen molar-refractivity contribution in [3.63, 3.8) is 0 Å². The number of rotatable bonds is 1. The van der Waals surface area contributed by atoms with E-state index in [9.17, 15) is 9.90 Å². The van der Waals surface area contributed by atoms with Crippen LogP contribution >= 0.6 is 0 Å². The number of fused-ring (bicyclic) bond motifs is 4. The Morgan fingerprint density at radius 1 is 0.825 bits per heavy atom. The van der Waals surface area contributed by atoms with E-state index in [1.54, 1.807) is 0 Å². The molecule has 0 bridgehead atoms. The molecule has 0 fully saturated rings. The molecule has 40 heavy (non-hydrogen) atoms. The Morgan fingerprint density at radius 2 is 1.35 bits per heavy atom. The standard InChI is InChI=1S/C36H38N2O2/c1-34(2,3)21-14-16-27-23(18-21)24-19-22(35(4,5)6)15-17-28(24)38(27)31-32(39)25(33(31)40)20-30-36(7,8)26-12-10-11-13-29(26)37(30)9/h10-20H,1-9H3/p+1. The molecule has 0 radical (unpaired) electrons. The highest BCUT2D eigenvalue weighted by atomic mass is 16.3. The summed E-state index contributed by atoms with van der Waals surface area (Å²) in [6, 6.07) is 21.3. The summed E-state index contributed by atoms with van der Waals surface area (Å²) in [5.74, 6) is 0.0521. The van der Waals surface area contributed by atoms with Crippen molar-refractivity contribution in [3.8, 4) is 16.9 Å². The van der Waals surface area contributed by atoms with Gasteiger partial charge >= 0.3 is 5.36 Å². The molecule has 0 aliphatic carbocycles. The Hall–Kier alpha value is -3.92. The van der Waals surface area contributed by atoms with Gasteiger partial charge in [-0.1, -0.05) is 85.7 Å². The second-order valence-electron chi connectivity index (χ2n) is 14.0. The van der Waals surface area contributed by atoms with Crippen LogP contribution in [0.4, 0.5) is 17.1 Å². The predicted molar refractivity (Wildman–Crippen MR) is 166 cm³/mol. The van der Waals surface area contributed by atoms with Crippen LogP contribution in [0.5, 0.6) is 5.75 Å². The van der Waals surface area contributed by atoms with Crippen molar-refractivity contribution in [1.29, 1.82) is 0 Å². The zero-order valence-corrected chi connectivity index (χ0v) is 25.1. The Balaban J connectivity index is 1.58. The molecule has 0 amide bonds. The smallest absolute Gasteiger partial charge is 0.303 e. The van der Waals surface area contributed by atoms with Crippen molar-refractivity contribution in [2.45, 2.75) is 71.6 Å². The quantitative estimate of drug-likeness (QED) is 0.229.